The molecule has 0 aliphatic heterocycles. The van der Waals surface area contributed by atoms with Crippen molar-refractivity contribution >= 4 is 39.0 Å². The van der Waals surface area contributed by atoms with Crippen molar-refractivity contribution in [2.75, 3.05) is 24.8 Å². The fourth-order valence-corrected chi connectivity index (χ4v) is 3.60. The number of sulfonamides is 1. The Bertz CT molecular complexity index is 522. The van der Waals surface area contributed by atoms with Gasteiger partial charge in [0.05, 0.1) is 4.90 Å². The summed E-state index contributed by atoms with van der Waals surface area (Å²) in [4.78, 5) is 11.3. The number of rotatable bonds is 7. The van der Waals surface area contributed by atoms with Gasteiger partial charge in [0.1, 0.15) is 0 Å². The number of halogens is 2. The quantitative estimate of drug-likeness (QED) is 0.571. The molecule has 7 heteroatoms. The number of ketones is 1. The number of nitrogens with zero attached hydrogens (tertiary/aromatic N) is 1. The minimum absolute atomic E-state index is 0.109. The summed E-state index contributed by atoms with van der Waals surface area (Å²) in [5, 5.41) is 0. The smallest absolute Gasteiger partial charge is 0.243 e. The molecule has 0 saturated heterocycles. The van der Waals surface area contributed by atoms with Gasteiger partial charge in [-0.15, -0.1) is 23.2 Å². The molecule has 0 radical (unpaired) electrons. The molecule has 0 aliphatic rings. The predicted molar refractivity (Wildman–Crippen MR) is 76.6 cm³/mol. The molecule has 1 aromatic carbocycles. The SMILES string of the molecule is CC(=O)c1ccc(S(=O)(=O)N(CCCl)CCCl)cc1. The highest BCUT2D eigenvalue weighted by atomic mass is 35.5. The van der Waals surface area contributed by atoms with Crippen LogP contribution in [0.25, 0.3) is 0 Å². The molecule has 0 unspecified atom stereocenters. The number of carbonyl (C=O) groups excluding carboxylic acids is 1. The van der Waals surface area contributed by atoms with Gasteiger partial charge in [0, 0.05) is 30.4 Å². The molecule has 0 heterocycles. The van der Waals surface area contributed by atoms with Gasteiger partial charge in [-0.05, 0) is 19.1 Å². The predicted octanol–water partition coefficient (Wildman–Crippen LogP) is 2.36. The maximum absolute atomic E-state index is 12.3. The average molecular weight is 324 g/mol. The second-order valence-corrected chi connectivity index (χ2v) is 6.56. The Morgan fingerprint density at radius 2 is 1.58 bits per heavy atom. The van der Waals surface area contributed by atoms with E-state index in [2.05, 4.69) is 0 Å². The van der Waals surface area contributed by atoms with Gasteiger partial charge >= 0.3 is 0 Å². The van der Waals surface area contributed by atoms with Crippen LogP contribution in [0, 0.1) is 0 Å². The molecule has 0 bridgehead atoms. The van der Waals surface area contributed by atoms with Crippen LogP contribution >= 0.6 is 23.2 Å². The van der Waals surface area contributed by atoms with Gasteiger partial charge in [0.2, 0.25) is 10.0 Å². The highest BCUT2D eigenvalue weighted by Gasteiger charge is 2.23. The van der Waals surface area contributed by atoms with Crippen LogP contribution in [0.4, 0.5) is 0 Å². The minimum atomic E-state index is -3.61. The Hall–Kier alpha value is -0.620. The van der Waals surface area contributed by atoms with Crippen molar-refractivity contribution in [1.29, 1.82) is 0 Å². The lowest BCUT2D eigenvalue weighted by Crippen LogP contribution is -2.34. The summed E-state index contributed by atoms with van der Waals surface area (Å²) in [6, 6.07) is 5.83. The molecule has 0 N–H and O–H groups in total. The normalized spacial score (nSPS) is 11.8. The van der Waals surface area contributed by atoms with Crippen LogP contribution in [-0.2, 0) is 10.0 Å². The number of hydrogen-bond donors (Lipinski definition) is 0. The molecule has 106 valence electrons. The zero-order valence-electron chi connectivity index (χ0n) is 10.5. The molecule has 0 aromatic heterocycles. The first-order chi connectivity index (χ1) is 8.93. The Kier molecular flexibility index (Phi) is 6.26. The van der Waals surface area contributed by atoms with Crippen LogP contribution in [0.1, 0.15) is 17.3 Å². The molecule has 19 heavy (non-hydrogen) atoms. The lowest BCUT2D eigenvalue weighted by atomic mass is 10.2. The van der Waals surface area contributed by atoms with E-state index >= 15 is 0 Å². The van der Waals surface area contributed by atoms with Crippen molar-refractivity contribution < 1.29 is 13.2 Å². The lowest BCUT2D eigenvalue weighted by molar-refractivity contribution is 0.101. The van der Waals surface area contributed by atoms with Gasteiger partial charge in [0.25, 0.3) is 0 Å². The second-order valence-electron chi connectivity index (χ2n) is 3.86. The zero-order chi connectivity index (χ0) is 14.5. The van der Waals surface area contributed by atoms with Crippen LogP contribution < -0.4 is 0 Å². The van der Waals surface area contributed by atoms with Gasteiger partial charge in [0.15, 0.2) is 5.78 Å². The minimum Gasteiger partial charge on any atom is -0.295 e. The Morgan fingerprint density at radius 1 is 1.11 bits per heavy atom. The summed E-state index contributed by atoms with van der Waals surface area (Å²) >= 11 is 11.2. The van der Waals surface area contributed by atoms with Crippen molar-refractivity contribution in [3.8, 4) is 0 Å². The fraction of sp³-hybridized carbons (Fsp3) is 0.417. The largest absolute Gasteiger partial charge is 0.295 e. The first-order valence-electron chi connectivity index (χ1n) is 5.66. The van der Waals surface area contributed by atoms with E-state index in [1.165, 1.54) is 35.5 Å². The molecule has 1 rings (SSSR count). The van der Waals surface area contributed by atoms with Gasteiger partial charge in [-0.1, -0.05) is 12.1 Å². The molecule has 0 saturated carbocycles. The maximum atomic E-state index is 12.3. The number of hydrogen-bond acceptors (Lipinski definition) is 3. The van der Waals surface area contributed by atoms with Crippen LogP contribution in [0.2, 0.25) is 0 Å². The number of carbonyl (C=O) groups is 1. The second kappa shape index (κ2) is 7.24. The van der Waals surface area contributed by atoms with E-state index in [9.17, 15) is 13.2 Å². The highest BCUT2D eigenvalue weighted by Crippen LogP contribution is 2.17. The van der Waals surface area contributed by atoms with Crippen LogP contribution in [0.3, 0.4) is 0 Å². The molecular weight excluding hydrogens is 309 g/mol. The maximum Gasteiger partial charge on any atom is 0.243 e. The first kappa shape index (κ1) is 16.4. The number of benzene rings is 1. The van der Waals surface area contributed by atoms with E-state index in [0.717, 1.165) is 0 Å². The summed E-state index contributed by atoms with van der Waals surface area (Å²) in [6.45, 7) is 1.83. The topological polar surface area (TPSA) is 54.5 Å². The zero-order valence-corrected chi connectivity index (χ0v) is 12.8. The van der Waals surface area contributed by atoms with Crippen LogP contribution in [0.5, 0.6) is 0 Å². The molecule has 1 aromatic rings. The molecule has 4 nitrogen and oxygen atoms in total. The highest BCUT2D eigenvalue weighted by molar-refractivity contribution is 7.89. The van der Waals surface area contributed by atoms with E-state index in [1.54, 1.807) is 0 Å². The molecule has 0 aliphatic carbocycles. The summed E-state index contributed by atoms with van der Waals surface area (Å²) in [5.74, 6) is 0.283. The van der Waals surface area contributed by atoms with E-state index in [-0.39, 0.29) is 35.5 Å². The van der Waals surface area contributed by atoms with Crippen molar-refractivity contribution in [1.82, 2.24) is 4.31 Å². The first-order valence-corrected chi connectivity index (χ1v) is 8.17. The Balaban J connectivity index is 3.07. The van der Waals surface area contributed by atoms with Crippen molar-refractivity contribution in [2.45, 2.75) is 11.8 Å². The van der Waals surface area contributed by atoms with Crippen LogP contribution in [-0.4, -0.2) is 43.4 Å². The summed E-state index contributed by atoms with van der Waals surface area (Å²) in [5.41, 5.74) is 0.472. The van der Waals surface area contributed by atoms with E-state index in [1.807, 2.05) is 0 Å². The lowest BCUT2D eigenvalue weighted by Gasteiger charge is -2.20. The van der Waals surface area contributed by atoms with E-state index < -0.39 is 10.0 Å². The van der Waals surface area contributed by atoms with Gasteiger partial charge < -0.3 is 0 Å². The third-order valence-electron chi connectivity index (χ3n) is 2.57. The van der Waals surface area contributed by atoms with Gasteiger partial charge in [-0.2, -0.15) is 4.31 Å². The van der Waals surface area contributed by atoms with Gasteiger partial charge in [-0.25, -0.2) is 8.42 Å². The third kappa shape index (κ3) is 4.18. The average Bonchev–Trinajstić information content (AvgIpc) is 2.38. The number of alkyl halides is 2. The Labute approximate surface area is 123 Å². The summed E-state index contributed by atoms with van der Waals surface area (Å²) in [7, 11) is -3.61. The molecule has 0 amide bonds. The molecule has 0 atom stereocenters. The van der Waals surface area contributed by atoms with E-state index in [0.29, 0.717) is 5.56 Å². The fourth-order valence-electron chi connectivity index (χ4n) is 1.55. The van der Waals surface area contributed by atoms with E-state index in [4.69, 9.17) is 23.2 Å². The molecule has 0 fully saturated rings. The third-order valence-corrected chi connectivity index (χ3v) is 4.82. The number of Topliss-reactive ketones (excluding diaryl/α,β-unsaturated/α-hetero) is 1. The summed E-state index contributed by atoms with van der Waals surface area (Å²) < 4.78 is 25.9. The van der Waals surface area contributed by atoms with Crippen LogP contribution in [0.15, 0.2) is 29.2 Å². The van der Waals surface area contributed by atoms with Crippen molar-refractivity contribution in [3.63, 3.8) is 0 Å². The summed E-state index contributed by atoms with van der Waals surface area (Å²) in [6.07, 6.45) is 0. The molecular formula is C12H15Cl2NO3S. The Morgan fingerprint density at radius 3 is 1.95 bits per heavy atom. The standard InChI is InChI=1S/C12H15Cl2NO3S/c1-10(16)11-2-4-12(5-3-11)19(17,18)15(8-6-13)9-7-14/h2-5H,6-9H2,1H3. The monoisotopic (exact) mass is 323 g/mol. The van der Waals surface area contributed by atoms with Crippen molar-refractivity contribution in [2.24, 2.45) is 0 Å². The molecule has 0 spiro atoms. The van der Waals surface area contributed by atoms with Crippen molar-refractivity contribution in [3.05, 3.63) is 29.8 Å². The van der Waals surface area contributed by atoms with Gasteiger partial charge in [-0.3, -0.25) is 4.79 Å².